The number of halogens is 1. The summed E-state index contributed by atoms with van der Waals surface area (Å²) in [5.74, 6) is -0.0427. The quantitative estimate of drug-likeness (QED) is 0.417. The van der Waals surface area contributed by atoms with Crippen molar-refractivity contribution in [2.24, 2.45) is 0 Å². The number of aromatic amines is 2. The number of hydrogen-bond donors (Lipinski definition) is 2. The van der Waals surface area contributed by atoms with Crippen LogP contribution in [-0.4, -0.2) is 49.2 Å². The number of aromatic nitrogens is 7. The largest absolute Gasteiger partial charge is 0.472 e. The SMILES string of the molecule is CN(C)c1cncc(-c2cnc3n[nH]c(-c4nc5nccc(-c6ccoc6)c5[nH]4)c3c2F)c1. The number of rotatable bonds is 4. The number of nitrogens with one attached hydrogen (secondary N) is 2. The Kier molecular flexibility index (Phi) is 4.19. The van der Waals surface area contributed by atoms with E-state index in [4.69, 9.17) is 4.42 Å². The zero-order valence-corrected chi connectivity index (χ0v) is 17.7. The van der Waals surface area contributed by atoms with Crippen LogP contribution in [0.15, 0.2) is 59.9 Å². The van der Waals surface area contributed by atoms with Gasteiger partial charge in [-0.2, -0.15) is 5.10 Å². The van der Waals surface area contributed by atoms with Crippen LogP contribution in [0.5, 0.6) is 0 Å². The third kappa shape index (κ3) is 3.03. The molecule has 6 rings (SSSR count). The molecular formula is C23H17FN8O. The molecule has 0 aromatic carbocycles. The van der Waals surface area contributed by atoms with Crippen molar-refractivity contribution in [3.05, 3.63) is 61.3 Å². The molecule has 0 unspecified atom stereocenters. The molecule has 0 fully saturated rings. The Hall–Kier alpha value is -4.60. The molecule has 0 atom stereocenters. The lowest BCUT2D eigenvalue weighted by Gasteiger charge is -2.13. The molecule has 6 aromatic rings. The van der Waals surface area contributed by atoms with Gasteiger partial charge in [-0.1, -0.05) is 0 Å². The van der Waals surface area contributed by atoms with Gasteiger partial charge in [-0.15, -0.1) is 0 Å². The maximum Gasteiger partial charge on any atom is 0.184 e. The average Bonchev–Trinajstić information content (AvgIpc) is 3.58. The van der Waals surface area contributed by atoms with Crippen molar-refractivity contribution in [1.29, 1.82) is 0 Å². The first-order valence-corrected chi connectivity index (χ1v) is 10.1. The Bertz CT molecular complexity index is 1620. The van der Waals surface area contributed by atoms with Gasteiger partial charge >= 0.3 is 0 Å². The molecular weight excluding hydrogens is 423 g/mol. The van der Waals surface area contributed by atoms with Crippen LogP contribution in [0.3, 0.4) is 0 Å². The lowest BCUT2D eigenvalue weighted by Crippen LogP contribution is -2.08. The van der Waals surface area contributed by atoms with Crippen molar-refractivity contribution >= 4 is 27.9 Å². The number of furan rings is 1. The summed E-state index contributed by atoms with van der Waals surface area (Å²) >= 11 is 0. The fourth-order valence-electron chi connectivity index (χ4n) is 3.83. The summed E-state index contributed by atoms with van der Waals surface area (Å²) in [6.07, 6.45) is 9.72. The van der Waals surface area contributed by atoms with Gasteiger partial charge < -0.3 is 14.3 Å². The smallest absolute Gasteiger partial charge is 0.184 e. The van der Waals surface area contributed by atoms with E-state index in [0.717, 1.165) is 16.8 Å². The van der Waals surface area contributed by atoms with E-state index >= 15 is 4.39 Å². The summed E-state index contributed by atoms with van der Waals surface area (Å²) in [4.78, 5) is 22.7. The van der Waals surface area contributed by atoms with Crippen LogP contribution in [0, 0.1) is 5.82 Å². The van der Waals surface area contributed by atoms with Gasteiger partial charge in [0.2, 0.25) is 0 Å². The van der Waals surface area contributed by atoms with Crippen molar-refractivity contribution in [1.82, 2.24) is 35.1 Å². The van der Waals surface area contributed by atoms with Crippen LogP contribution in [0.2, 0.25) is 0 Å². The van der Waals surface area contributed by atoms with E-state index in [1.165, 1.54) is 6.20 Å². The van der Waals surface area contributed by atoms with Crippen LogP contribution < -0.4 is 4.90 Å². The van der Waals surface area contributed by atoms with Gasteiger partial charge in [-0.05, 0) is 18.2 Å². The highest BCUT2D eigenvalue weighted by atomic mass is 19.1. The molecule has 2 N–H and O–H groups in total. The number of nitrogens with zero attached hydrogens (tertiary/aromatic N) is 6. The zero-order chi connectivity index (χ0) is 22.5. The Labute approximate surface area is 186 Å². The maximum absolute atomic E-state index is 15.8. The fraction of sp³-hybridized carbons (Fsp3) is 0.0870. The molecule has 0 spiro atoms. The number of imidazole rings is 1. The van der Waals surface area contributed by atoms with Crippen molar-refractivity contribution in [2.45, 2.75) is 0 Å². The zero-order valence-electron chi connectivity index (χ0n) is 17.7. The highest BCUT2D eigenvalue weighted by molar-refractivity contribution is 5.96. The molecule has 0 amide bonds. The second kappa shape index (κ2) is 7.23. The molecule has 33 heavy (non-hydrogen) atoms. The van der Waals surface area contributed by atoms with Gasteiger partial charge in [0.25, 0.3) is 0 Å². The lowest BCUT2D eigenvalue weighted by molar-refractivity contribution is 0.568. The van der Waals surface area contributed by atoms with Gasteiger partial charge in [0, 0.05) is 54.9 Å². The lowest BCUT2D eigenvalue weighted by atomic mass is 10.1. The number of hydrogen-bond acceptors (Lipinski definition) is 7. The summed E-state index contributed by atoms with van der Waals surface area (Å²) in [5, 5.41) is 7.30. The van der Waals surface area contributed by atoms with Gasteiger partial charge in [-0.3, -0.25) is 10.1 Å². The molecule has 0 saturated heterocycles. The normalized spacial score (nSPS) is 11.5. The molecule has 6 aromatic heterocycles. The Morgan fingerprint density at radius 3 is 2.73 bits per heavy atom. The predicted molar refractivity (Wildman–Crippen MR) is 122 cm³/mol. The predicted octanol–water partition coefficient (Wildman–Crippen LogP) is 4.42. The van der Waals surface area contributed by atoms with Gasteiger partial charge in [0.15, 0.2) is 17.1 Å². The second-order valence-corrected chi connectivity index (χ2v) is 7.76. The standard InChI is InChI=1S/C23H17FN8O/c1-32(2)14-7-13(8-25-9-14)16-10-27-21-17(18(16)24)20(30-31-21)23-28-19-15(12-4-6-33-11-12)3-5-26-22(19)29-23/h3-11H,1-2H3,(H,26,28,29)(H,27,30,31). The van der Waals surface area contributed by atoms with Gasteiger partial charge in [0.1, 0.15) is 11.5 Å². The minimum Gasteiger partial charge on any atom is -0.472 e. The monoisotopic (exact) mass is 440 g/mol. The third-order valence-corrected chi connectivity index (χ3v) is 5.53. The van der Waals surface area contributed by atoms with E-state index in [2.05, 4.69) is 35.1 Å². The molecule has 162 valence electrons. The van der Waals surface area contributed by atoms with E-state index in [1.807, 2.05) is 37.2 Å². The minimum atomic E-state index is -0.454. The van der Waals surface area contributed by atoms with E-state index < -0.39 is 5.82 Å². The highest BCUT2D eigenvalue weighted by Gasteiger charge is 2.21. The van der Waals surface area contributed by atoms with Crippen molar-refractivity contribution in [3.8, 4) is 33.8 Å². The Morgan fingerprint density at radius 1 is 1.00 bits per heavy atom. The van der Waals surface area contributed by atoms with E-state index in [9.17, 15) is 0 Å². The van der Waals surface area contributed by atoms with Crippen LogP contribution in [-0.2, 0) is 0 Å². The summed E-state index contributed by atoms with van der Waals surface area (Å²) in [7, 11) is 3.81. The highest BCUT2D eigenvalue weighted by Crippen LogP contribution is 2.34. The molecule has 0 saturated carbocycles. The number of anilines is 1. The Balaban J connectivity index is 1.53. The first-order valence-electron chi connectivity index (χ1n) is 10.1. The maximum atomic E-state index is 15.8. The first kappa shape index (κ1) is 19.1. The molecule has 0 aliphatic carbocycles. The minimum absolute atomic E-state index is 0.242. The molecule has 0 radical (unpaired) electrons. The first-order chi connectivity index (χ1) is 16.1. The van der Waals surface area contributed by atoms with Crippen LogP contribution >= 0.6 is 0 Å². The van der Waals surface area contributed by atoms with E-state index in [0.29, 0.717) is 33.8 Å². The third-order valence-electron chi connectivity index (χ3n) is 5.53. The van der Waals surface area contributed by atoms with E-state index in [1.54, 1.807) is 31.1 Å². The van der Waals surface area contributed by atoms with Gasteiger partial charge in [-0.25, -0.2) is 19.3 Å². The van der Waals surface area contributed by atoms with Crippen molar-refractivity contribution in [2.75, 3.05) is 19.0 Å². The topological polar surface area (TPSA) is 112 Å². The average molecular weight is 440 g/mol. The molecule has 10 heteroatoms. The van der Waals surface area contributed by atoms with Crippen LogP contribution in [0.1, 0.15) is 0 Å². The second-order valence-electron chi connectivity index (χ2n) is 7.76. The van der Waals surface area contributed by atoms with E-state index in [-0.39, 0.29) is 11.0 Å². The summed E-state index contributed by atoms with van der Waals surface area (Å²) < 4.78 is 21.0. The van der Waals surface area contributed by atoms with Crippen LogP contribution in [0.25, 0.3) is 56.0 Å². The molecule has 0 aliphatic heterocycles. The summed E-state index contributed by atoms with van der Waals surface area (Å²) in [6, 6.07) is 5.58. The van der Waals surface area contributed by atoms with Crippen molar-refractivity contribution in [3.63, 3.8) is 0 Å². The molecule has 9 nitrogen and oxygen atoms in total. The number of H-pyrrole nitrogens is 2. The number of fused-ring (bicyclic) bond motifs is 2. The molecule has 6 heterocycles. The fourth-order valence-corrected chi connectivity index (χ4v) is 3.83. The molecule has 0 aliphatic rings. The summed E-state index contributed by atoms with van der Waals surface area (Å²) in [6.45, 7) is 0. The van der Waals surface area contributed by atoms with Gasteiger partial charge in [0.05, 0.1) is 35.3 Å². The molecule has 0 bridgehead atoms. The van der Waals surface area contributed by atoms with Crippen LogP contribution in [0.4, 0.5) is 10.1 Å². The Morgan fingerprint density at radius 2 is 1.91 bits per heavy atom. The number of pyridine rings is 3. The summed E-state index contributed by atoms with van der Waals surface area (Å²) in [5.41, 5.74) is 5.43. The van der Waals surface area contributed by atoms with Crippen molar-refractivity contribution < 1.29 is 8.81 Å².